The van der Waals surface area contributed by atoms with Crippen LogP contribution in [0.5, 0.6) is 34.5 Å². The lowest BCUT2D eigenvalue weighted by Crippen LogP contribution is -1.86. The molecule has 0 aromatic heterocycles. The minimum absolute atomic E-state index is 0.00227. The highest BCUT2D eigenvalue weighted by Crippen LogP contribution is 2.37. The van der Waals surface area contributed by atoms with E-state index in [2.05, 4.69) is 0 Å². The van der Waals surface area contributed by atoms with Gasteiger partial charge in [0.05, 0.1) is 5.02 Å². The predicted octanol–water partition coefficient (Wildman–Crippen LogP) is 9.64. The van der Waals surface area contributed by atoms with E-state index in [0.29, 0.717) is 42.4 Å². The smallest absolute Gasteiger partial charge is 0.169 e. The molecule has 2 N–H and O–H groups in total. The summed E-state index contributed by atoms with van der Waals surface area (Å²) in [6.45, 7) is 0. The lowest BCUT2D eigenvalue weighted by molar-refractivity contribution is 0.411. The fourth-order valence-corrected chi connectivity index (χ4v) is 3.37. The van der Waals surface area contributed by atoms with Crippen LogP contribution in [0.25, 0.3) is 0 Å². The summed E-state index contributed by atoms with van der Waals surface area (Å²) in [5.41, 5.74) is 0. The first-order valence-electron chi connectivity index (χ1n) is 9.24. The number of halogens is 5. The van der Waals surface area contributed by atoms with Gasteiger partial charge in [0.2, 0.25) is 0 Å². The van der Waals surface area contributed by atoms with Crippen molar-refractivity contribution >= 4 is 58.0 Å². The quantitative estimate of drug-likeness (QED) is 0.269. The number of rotatable bonds is 4. The van der Waals surface area contributed by atoms with Crippen LogP contribution >= 0.6 is 58.0 Å². The van der Waals surface area contributed by atoms with Gasteiger partial charge in [-0.25, -0.2) is 0 Å². The first kappa shape index (κ1) is 25.2. The molecule has 0 unspecified atom stereocenters. The molecule has 0 aliphatic heterocycles. The van der Waals surface area contributed by atoms with Crippen molar-refractivity contribution in [1.29, 1.82) is 0 Å². The van der Waals surface area contributed by atoms with E-state index in [1.807, 2.05) is 0 Å². The van der Waals surface area contributed by atoms with E-state index in [4.69, 9.17) is 67.5 Å². The van der Waals surface area contributed by atoms with Crippen molar-refractivity contribution in [2.45, 2.75) is 0 Å². The molecule has 4 nitrogen and oxygen atoms in total. The Morgan fingerprint density at radius 3 is 1.36 bits per heavy atom. The van der Waals surface area contributed by atoms with E-state index in [-0.39, 0.29) is 17.2 Å². The molecule has 0 aliphatic carbocycles. The summed E-state index contributed by atoms with van der Waals surface area (Å²) in [6, 6.07) is 20.9. The summed E-state index contributed by atoms with van der Waals surface area (Å²) in [4.78, 5) is 0. The average Bonchev–Trinajstić information content (AvgIpc) is 2.76. The fourth-order valence-electron chi connectivity index (χ4n) is 2.46. The third-order valence-electron chi connectivity index (χ3n) is 4.00. The molecule has 0 radical (unpaired) electrons. The normalized spacial score (nSPS) is 10.2. The molecule has 0 fully saturated rings. The molecule has 0 bridgehead atoms. The van der Waals surface area contributed by atoms with Crippen LogP contribution in [0.3, 0.4) is 0 Å². The number of phenols is 2. The molecule has 0 spiro atoms. The average molecular weight is 545 g/mol. The van der Waals surface area contributed by atoms with Crippen LogP contribution in [-0.2, 0) is 0 Å². The maximum atomic E-state index is 9.62. The van der Waals surface area contributed by atoms with Crippen LogP contribution in [0.2, 0.25) is 25.1 Å². The summed E-state index contributed by atoms with van der Waals surface area (Å²) < 4.78 is 10.9. The SMILES string of the molecule is Oc1cc(Cl)ccc1Oc1ccc(Cl)cc1.Oc1cc(Cl)ccc1Oc1ccc(Cl)cc1Cl. The van der Waals surface area contributed by atoms with Gasteiger partial charge in [-0.05, 0) is 66.7 Å². The first-order chi connectivity index (χ1) is 15.7. The molecule has 4 aromatic rings. The van der Waals surface area contributed by atoms with Gasteiger partial charge in [-0.3, -0.25) is 0 Å². The number of benzene rings is 4. The van der Waals surface area contributed by atoms with Crippen molar-refractivity contribution < 1.29 is 19.7 Å². The van der Waals surface area contributed by atoms with Gasteiger partial charge in [-0.15, -0.1) is 0 Å². The predicted molar refractivity (Wildman–Crippen MR) is 134 cm³/mol. The lowest BCUT2D eigenvalue weighted by Gasteiger charge is -2.09. The molecule has 170 valence electrons. The van der Waals surface area contributed by atoms with Gasteiger partial charge in [0.25, 0.3) is 0 Å². The van der Waals surface area contributed by atoms with Crippen molar-refractivity contribution in [3.8, 4) is 34.5 Å². The molecular formula is C24H15Cl5O4. The third kappa shape index (κ3) is 7.53. The summed E-state index contributed by atoms with van der Waals surface area (Å²) in [5, 5.41) is 21.6. The van der Waals surface area contributed by atoms with E-state index < -0.39 is 0 Å². The highest BCUT2D eigenvalue weighted by atomic mass is 35.5. The molecule has 4 aromatic carbocycles. The molecule has 33 heavy (non-hydrogen) atoms. The van der Waals surface area contributed by atoms with Gasteiger partial charge >= 0.3 is 0 Å². The van der Waals surface area contributed by atoms with Gasteiger partial charge < -0.3 is 19.7 Å². The topological polar surface area (TPSA) is 58.9 Å². The first-order valence-corrected chi connectivity index (χ1v) is 11.1. The largest absolute Gasteiger partial charge is 0.504 e. The molecule has 9 heteroatoms. The molecule has 0 atom stereocenters. The van der Waals surface area contributed by atoms with Crippen molar-refractivity contribution in [3.05, 3.63) is 104 Å². The number of aromatic hydroxyl groups is 2. The van der Waals surface area contributed by atoms with Gasteiger partial charge in [0, 0.05) is 32.2 Å². The number of phenolic OH excluding ortho intramolecular Hbond substituents is 2. The Kier molecular flexibility index (Phi) is 8.84. The molecule has 0 heterocycles. The molecule has 4 rings (SSSR count). The van der Waals surface area contributed by atoms with Crippen LogP contribution in [0.1, 0.15) is 0 Å². The lowest BCUT2D eigenvalue weighted by atomic mass is 10.3. The van der Waals surface area contributed by atoms with Gasteiger partial charge in [-0.1, -0.05) is 58.0 Å². The Labute approximate surface area is 215 Å². The Bertz CT molecular complexity index is 1200. The van der Waals surface area contributed by atoms with E-state index in [1.54, 1.807) is 66.7 Å². The van der Waals surface area contributed by atoms with Crippen molar-refractivity contribution in [2.24, 2.45) is 0 Å². The summed E-state index contributed by atoms with van der Waals surface area (Å²) in [5.74, 6) is 1.59. The summed E-state index contributed by atoms with van der Waals surface area (Å²) in [7, 11) is 0. The maximum Gasteiger partial charge on any atom is 0.169 e. The van der Waals surface area contributed by atoms with E-state index >= 15 is 0 Å². The second kappa shape index (κ2) is 11.6. The van der Waals surface area contributed by atoms with Gasteiger partial charge in [0.15, 0.2) is 23.0 Å². The molecule has 0 saturated heterocycles. The highest BCUT2D eigenvalue weighted by molar-refractivity contribution is 6.35. The van der Waals surface area contributed by atoms with Crippen LogP contribution in [0.15, 0.2) is 78.9 Å². The minimum Gasteiger partial charge on any atom is -0.504 e. The Hall–Kier alpha value is -2.47. The second-order valence-corrected chi connectivity index (χ2v) is 8.61. The number of hydrogen-bond acceptors (Lipinski definition) is 4. The number of ether oxygens (including phenoxy) is 2. The monoisotopic (exact) mass is 542 g/mol. The fraction of sp³-hybridized carbons (Fsp3) is 0. The molecule has 0 saturated carbocycles. The molecule has 0 aliphatic rings. The minimum atomic E-state index is -0.0523. The number of hydrogen-bond donors (Lipinski definition) is 2. The second-order valence-electron chi connectivity index (χ2n) is 6.46. The Morgan fingerprint density at radius 2 is 0.879 bits per heavy atom. The van der Waals surface area contributed by atoms with Crippen LogP contribution in [0.4, 0.5) is 0 Å². The van der Waals surface area contributed by atoms with Crippen LogP contribution in [-0.4, -0.2) is 10.2 Å². The van der Waals surface area contributed by atoms with Crippen molar-refractivity contribution in [3.63, 3.8) is 0 Å². The third-order valence-corrected chi connectivity index (χ3v) is 5.25. The van der Waals surface area contributed by atoms with Crippen molar-refractivity contribution in [1.82, 2.24) is 0 Å². The zero-order valence-electron chi connectivity index (χ0n) is 16.6. The summed E-state index contributed by atoms with van der Waals surface area (Å²) >= 11 is 28.9. The van der Waals surface area contributed by atoms with E-state index in [1.165, 1.54) is 12.1 Å². The van der Waals surface area contributed by atoms with Gasteiger partial charge in [-0.2, -0.15) is 0 Å². The highest BCUT2D eigenvalue weighted by Gasteiger charge is 2.08. The van der Waals surface area contributed by atoms with Crippen molar-refractivity contribution in [2.75, 3.05) is 0 Å². The van der Waals surface area contributed by atoms with Gasteiger partial charge in [0.1, 0.15) is 11.5 Å². The molecule has 0 amide bonds. The van der Waals surface area contributed by atoms with E-state index in [9.17, 15) is 10.2 Å². The van der Waals surface area contributed by atoms with Crippen LogP contribution < -0.4 is 9.47 Å². The zero-order valence-corrected chi connectivity index (χ0v) is 20.4. The standard InChI is InChI=1S/C12H7Cl3O2.C12H8Cl2O2/c13-7-1-3-11(9(15)5-7)17-12-4-2-8(14)6-10(12)16;13-8-1-4-10(5-2-8)16-12-6-3-9(14)7-11(12)15/h1-6,16H;1-7,15H. The van der Waals surface area contributed by atoms with Crippen LogP contribution in [0, 0.1) is 0 Å². The zero-order chi connectivity index (χ0) is 24.0. The van der Waals surface area contributed by atoms with E-state index in [0.717, 1.165) is 0 Å². The Balaban J connectivity index is 0.000000186. The Morgan fingerprint density at radius 1 is 0.455 bits per heavy atom. The maximum absolute atomic E-state index is 9.62. The molecular weight excluding hydrogens is 530 g/mol. The summed E-state index contributed by atoms with van der Waals surface area (Å²) in [6.07, 6.45) is 0.